The Labute approximate surface area is 64.9 Å². The van der Waals surface area contributed by atoms with Crippen molar-refractivity contribution in [1.82, 2.24) is 10.2 Å². The molecule has 0 aromatic carbocycles. The first-order chi connectivity index (χ1) is 5.15. The molecular weight excluding hydrogens is 144 g/mol. The Kier molecular flexibility index (Phi) is 1.94. The standard InChI is InChI=1S/C7H10N2O2/c1-8-6-3-5(10)4-7(11)9(6)2/h3,8H,4H2,1-2H3. The highest BCUT2D eigenvalue weighted by Crippen LogP contribution is 2.07. The topological polar surface area (TPSA) is 49.4 Å². The van der Waals surface area contributed by atoms with Gasteiger partial charge < -0.3 is 10.2 Å². The number of hydrogen-bond donors (Lipinski definition) is 1. The van der Waals surface area contributed by atoms with Crippen LogP contribution in [-0.4, -0.2) is 30.7 Å². The van der Waals surface area contributed by atoms with Crippen molar-refractivity contribution in [3.8, 4) is 0 Å². The summed E-state index contributed by atoms with van der Waals surface area (Å²) in [5.74, 6) is 0.255. The number of amides is 1. The van der Waals surface area contributed by atoms with Crippen LogP contribution in [0.5, 0.6) is 0 Å². The number of rotatable bonds is 1. The van der Waals surface area contributed by atoms with E-state index in [1.54, 1.807) is 14.1 Å². The maximum Gasteiger partial charge on any atom is 0.235 e. The molecule has 0 atom stereocenters. The van der Waals surface area contributed by atoms with E-state index < -0.39 is 0 Å². The Morgan fingerprint density at radius 2 is 2.18 bits per heavy atom. The summed E-state index contributed by atoms with van der Waals surface area (Å²) < 4.78 is 0. The van der Waals surface area contributed by atoms with E-state index in [-0.39, 0.29) is 18.1 Å². The van der Waals surface area contributed by atoms with Crippen LogP contribution in [0.1, 0.15) is 6.42 Å². The highest BCUT2D eigenvalue weighted by atomic mass is 16.2. The van der Waals surface area contributed by atoms with Gasteiger partial charge in [-0.2, -0.15) is 0 Å². The molecule has 1 N–H and O–H groups in total. The fraction of sp³-hybridized carbons (Fsp3) is 0.429. The van der Waals surface area contributed by atoms with Gasteiger partial charge in [0.15, 0.2) is 5.78 Å². The van der Waals surface area contributed by atoms with Crippen molar-refractivity contribution in [2.75, 3.05) is 14.1 Å². The van der Waals surface area contributed by atoms with E-state index in [0.717, 1.165) is 0 Å². The predicted molar refractivity (Wildman–Crippen MR) is 39.5 cm³/mol. The Bertz CT molecular complexity index is 233. The maximum atomic E-state index is 11.0. The zero-order valence-electron chi connectivity index (χ0n) is 6.55. The van der Waals surface area contributed by atoms with Gasteiger partial charge in [0.25, 0.3) is 0 Å². The SMILES string of the molecule is CNC1=CC(=O)CC(=O)N1C. The van der Waals surface area contributed by atoms with Crippen LogP contribution < -0.4 is 5.32 Å². The van der Waals surface area contributed by atoms with E-state index in [9.17, 15) is 9.59 Å². The second-order valence-corrected chi connectivity index (χ2v) is 2.38. The molecule has 0 aromatic heterocycles. The van der Waals surface area contributed by atoms with Crippen LogP contribution in [0.4, 0.5) is 0 Å². The van der Waals surface area contributed by atoms with E-state index in [2.05, 4.69) is 5.32 Å². The second kappa shape index (κ2) is 2.74. The van der Waals surface area contributed by atoms with Gasteiger partial charge >= 0.3 is 0 Å². The summed E-state index contributed by atoms with van der Waals surface area (Å²) >= 11 is 0. The van der Waals surface area contributed by atoms with Crippen molar-refractivity contribution in [3.63, 3.8) is 0 Å². The van der Waals surface area contributed by atoms with Gasteiger partial charge in [-0.1, -0.05) is 0 Å². The van der Waals surface area contributed by atoms with Crippen LogP contribution in [0.2, 0.25) is 0 Å². The van der Waals surface area contributed by atoms with Gasteiger partial charge in [0.2, 0.25) is 5.91 Å². The van der Waals surface area contributed by atoms with Crippen molar-refractivity contribution in [3.05, 3.63) is 11.9 Å². The fourth-order valence-electron chi connectivity index (χ4n) is 0.942. The molecule has 0 fully saturated rings. The van der Waals surface area contributed by atoms with Gasteiger partial charge in [0, 0.05) is 20.2 Å². The van der Waals surface area contributed by atoms with E-state index in [0.29, 0.717) is 5.82 Å². The maximum absolute atomic E-state index is 11.0. The molecule has 1 rings (SSSR count). The van der Waals surface area contributed by atoms with E-state index in [1.165, 1.54) is 11.0 Å². The lowest BCUT2D eigenvalue weighted by atomic mass is 10.2. The van der Waals surface area contributed by atoms with Crippen molar-refractivity contribution in [1.29, 1.82) is 0 Å². The highest BCUT2D eigenvalue weighted by Gasteiger charge is 2.21. The molecule has 1 aliphatic heterocycles. The van der Waals surface area contributed by atoms with E-state index >= 15 is 0 Å². The molecule has 0 bridgehead atoms. The monoisotopic (exact) mass is 154 g/mol. The summed E-state index contributed by atoms with van der Waals surface area (Å²) in [5.41, 5.74) is 0. The minimum absolute atomic E-state index is 0.0122. The van der Waals surface area contributed by atoms with Crippen LogP contribution in [0.25, 0.3) is 0 Å². The van der Waals surface area contributed by atoms with Gasteiger partial charge in [0.1, 0.15) is 5.82 Å². The van der Waals surface area contributed by atoms with Crippen molar-refractivity contribution in [2.45, 2.75) is 6.42 Å². The number of nitrogens with one attached hydrogen (secondary N) is 1. The molecule has 0 saturated carbocycles. The zero-order chi connectivity index (χ0) is 8.43. The van der Waals surface area contributed by atoms with E-state index in [4.69, 9.17) is 0 Å². The van der Waals surface area contributed by atoms with Crippen LogP contribution in [-0.2, 0) is 9.59 Å². The summed E-state index contributed by atoms with van der Waals surface area (Å²) in [5, 5.41) is 2.76. The smallest absolute Gasteiger partial charge is 0.235 e. The third kappa shape index (κ3) is 1.39. The van der Waals surface area contributed by atoms with Crippen LogP contribution in [0, 0.1) is 0 Å². The quantitative estimate of drug-likeness (QED) is 0.517. The fourth-order valence-corrected chi connectivity index (χ4v) is 0.942. The molecule has 0 aromatic rings. The van der Waals surface area contributed by atoms with Crippen molar-refractivity contribution in [2.24, 2.45) is 0 Å². The third-order valence-electron chi connectivity index (χ3n) is 1.61. The molecule has 11 heavy (non-hydrogen) atoms. The Morgan fingerprint density at radius 3 is 2.73 bits per heavy atom. The largest absolute Gasteiger partial charge is 0.374 e. The average Bonchev–Trinajstić information content (AvgIpc) is 1.96. The molecule has 0 saturated heterocycles. The molecule has 0 aliphatic carbocycles. The van der Waals surface area contributed by atoms with E-state index in [1.807, 2.05) is 0 Å². The minimum Gasteiger partial charge on any atom is -0.374 e. The number of carbonyl (C=O) groups is 2. The summed E-state index contributed by atoms with van der Waals surface area (Å²) in [6.07, 6.45) is 1.42. The molecule has 4 heteroatoms. The van der Waals surface area contributed by atoms with Gasteiger partial charge in [0.05, 0.1) is 6.42 Å². The number of ketones is 1. The van der Waals surface area contributed by atoms with Gasteiger partial charge in [-0.25, -0.2) is 0 Å². The number of allylic oxidation sites excluding steroid dienone is 1. The van der Waals surface area contributed by atoms with Gasteiger partial charge in [-0.3, -0.25) is 9.59 Å². The third-order valence-corrected chi connectivity index (χ3v) is 1.61. The molecular formula is C7H10N2O2. The molecule has 1 amide bonds. The Morgan fingerprint density at radius 1 is 1.55 bits per heavy atom. The van der Waals surface area contributed by atoms with Crippen LogP contribution in [0.15, 0.2) is 11.9 Å². The number of hydrogen-bond acceptors (Lipinski definition) is 3. The highest BCUT2D eigenvalue weighted by molar-refractivity contribution is 6.06. The lowest BCUT2D eigenvalue weighted by Crippen LogP contribution is -2.37. The predicted octanol–water partition coefficient (Wildman–Crippen LogP) is -0.522. The summed E-state index contributed by atoms with van der Waals surface area (Å²) in [6.45, 7) is 0. The molecule has 0 unspecified atom stereocenters. The molecule has 1 aliphatic rings. The number of carbonyl (C=O) groups excluding carboxylic acids is 2. The molecule has 60 valence electrons. The summed E-state index contributed by atoms with van der Waals surface area (Å²) in [4.78, 5) is 23.3. The van der Waals surface area contributed by atoms with Crippen LogP contribution >= 0.6 is 0 Å². The molecule has 0 spiro atoms. The molecule has 1 heterocycles. The number of nitrogens with zero attached hydrogens (tertiary/aromatic N) is 1. The van der Waals surface area contributed by atoms with Gasteiger partial charge in [-0.15, -0.1) is 0 Å². The van der Waals surface area contributed by atoms with Crippen molar-refractivity contribution < 1.29 is 9.59 Å². The zero-order valence-corrected chi connectivity index (χ0v) is 6.55. The first-order valence-electron chi connectivity index (χ1n) is 3.34. The second-order valence-electron chi connectivity index (χ2n) is 2.38. The lowest BCUT2D eigenvalue weighted by molar-refractivity contribution is -0.133. The first-order valence-corrected chi connectivity index (χ1v) is 3.34. The van der Waals surface area contributed by atoms with Crippen molar-refractivity contribution >= 4 is 11.7 Å². The average molecular weight is 154 g/mol. The normalized spacial score (nSPS) is 18.4. The molecule has 4 nitrogen and oxygen atoms in total. The summed E-state index contributed by atoms with van der Waals surface area (Å²) in [6, 6.07) is 0. The van der Waals surface area contributed by atoms with Gasteiger partial charge in [-0.05, 0) is 0 Å². The Balaban J connectivity index is 2.89. The lowest BCUT2D eigenvalue weighted by Gasteiger charge is -2.22. The summed E-state index contributed by atoms with van der Waals surface area (Å²) in [7, 11) is 3.31. The minimum atomic E-state index is -0.165. The first kappa shape index (κ1) is 7.78. The molecule has 0 radical (unpaired) electrons. The van der Waals surface area contributed by atoms with Crippen LogP contribution in [0.3, 0.4) is 0 Å². The Hall–Kier alpha value is -1.32.